The number of pyridine rings is 1. The Morgan fingerprint density at radius 1 is 1.03 bits per heavy atom. The van der Waals surface area contributed by atoms with Crippen LogP contribution < -0.4 is 20.1 Å². The third kappa shape index (κ3) is 6.02. The number of halogens is 3. The molecule has 0 fully saturated rings. The Hall–Kier alpha value is -4.61. The van der Waals surface area contributed by atoms with Crippen molar-refractivity contribution in [3.63, 3.8) is 0 Å². The van der Waals surface area contributed by atoms with Gasteiger partial charge in [0.05, 0.1) is 12.6 Å². The Balaban J connectivity index is 1.57. The molecule has 4 rings (SSSR count). The van der Waals surface area contributed by atoms with Gasteiger partial charge in [0, 0.05) is 35.8 Å². The largest absolute Gasteiger partial charge is 0.573 e. The van der Waals surface area contributed by atoms with Gasteiger partial charge in [0.2, 0.25) is 5.88 Å². The molecule has 3 N–H and O–H groups in total. The minimum Gasteiger partial charge on any atom is -0.480 e. The summed E-state index contributed by atoms with van der Waals surface area (Å²) in [5.41, 5.74) is 2.39. The number of alkyl halides is 3. The number of aromatic amines is 1. The minimum absolute atomic E-state index is 0.0450. The molecule has 2 aromatic heterocycles. The number of nitrogens with zero attached hydrogens (tertiary/aromatic N) is 2. The summed E-state index contributed by atoms with van der Waals surface area (Å²) in [4.78, 5) is 29.6. The van der Waals surface area contributed by atoms with Crippen molar-refractivity contribution in [3.05, 3.63) is 71.5 Å². The van der Waals surface area contributed by atoms with Crippen molar-refractivity contribution in [2.45, 2.75) is 26.3 Å². The van der Waals surface area contributed by atoms with Gasteiger partial charge < -0.3 is 20.1 Å². The molecule has 0 aliphatic carbocycles. The van der Waals surface area contributed by atoms with Gasteiger partial charge in [0.25, 0.3) is 11.8 Å². The lowest BCUT2D eigenvalue weighted by molar-refractivity contribution is -0.274. The smallest absolute Gasteiger partial charge is 0.480 e. The van der Waals surface area contributed by atoms with Crippen LogP contribution in [-0.2, 0) is 6.54 Å². The monoisotopic (exact) mass is 527 g/mol. The van der Waals surface area contributed by atoms with Crippen molar-refractivity contribution < 1.29 is 32.2 Å². The standard InChI is InChI=1S/C26H24F3N5O4/c1-3-10-30-24(36)22-18-9-8-15(12-20(18)33-34-22)17-11-19(25(37-2)32-14-17)23(35)31-13-16-6-4-5-7-21(16)38-26(27,28)29/h4-9,11-12,14H,3,10,13H2,1-2H3,(H,30,36)(H,31,35)(H,33,34). The predicted octanol–water partition coefficient (Wildman–Crippen LogP) is 4.60. The van der Waals surface area contributed by atoms with E-state index in [9.17, 15) is 22.8 Å². The lowest BCUT2D eigenvalue weighted by Gasteiger charge is -2.14. The normalized spacial score (nSPS) is 11.3. The molecule has 0 aliphatic rings. The Bertz CT molecular complexity index is 1470. The fourth-order valence-corrected chi connectivity index (χ4v) is 3.77. The summed E-state index contributed by atoms with van der Waals surface area (Å²) in [5, 5.41) is 13.0. The quantitative estimate of drug-likeness (QED) is 0.293. The minimum atomic E-state index is -4.86. The van der Waals surface area contributed by atoms with Crippen molar-refractivity contribution in [1.29, 1.82) is 0 Å². The first-order valence-corrected chi connectivity index (χ1v) is 11.6. The molecule has 38 heavy (non-hydrogen) atoms. The maximum absolute atomic E-state index is 13.0. The van der Waals surface area contributed by atoms with Crippen LogP contribution in [0.2, 0.25) is 0 Å². The molecule has 2 amide bonds. The Labute approximate surface area is 215 Å². The van der Waals surface area contributed by atoms with E-state index in [4.69, 9.17) is 4.74 Å². The zero-order valence-electron chi connectivity index (χ0n) is 20.5. The van der Waals surface area contributed by atoms with E-state index in [1.807, 2.05) is 6.92 Å². The number of H-pyrrole nitrogens is 1. The van der Waals surface area contributed by atoms with Crippen LogP contribution in [-0.4, -0.2) is 47.0 Å². The van der Waals surface area contributed by atoms with Gasteiger partial charge >= 0.3 is 6.36 Å². The van der Waals surface area contributed by atoms with Crippen molar-refractivity contribution >= 4 is 22.7 Å². The van der Waals surface area contributed by atoms with Crippen LogP contribution in [0.1, 0.15) is 39.8 Å². The van der Waals surface area contributed by atoms with E-state index in [2.05, 4.69) is 30.6 Å². The van der Waals surface area contributed by atoms with Crippen LogP contribution in [0, 0.1) is 0 Å². The predicted molar refractivity (Wildman–Crippen MR) is 133 cm³/mol. The molecular formula is C26H24F3N5O4. The fourth-order valence-electron chi connectivity index (χ4n) is 3.77. The van der Waals surface area contributed by atoms with Crippen molar-refractivity contribution in [2.75, 3.05) is 13.7 Å². The highest BCUT2D eigenvalue weighted by Crippen LogP contribution is 2.29. The molecule has 0 unspecified atom stereocenters. The van der Waals surface area contributed by atoms with Crippen molar-refractivity contribution in [3.8, 4) is 22.8 Å². The first-order valence-electron chi connectivity index (χ1n) is 11.6. The second-order valence-corrected chi connectivity index (χ2v) is 8.21. The number of rotatable bonds is 9. The third-order valence-electron chi connectivity index (χ3n) is 5.57. The number of hydrogen-bond donors (Lipinski definition) is 3. The van der Waals surface area contributed by atoms with Crippen LogP contribution in [0.5, 0.6) is 11.6 Å². The first-order chi connectivity index (χ1) is 18.2. The summed E-state index contributed by atoms with van der Waals surface area (Å²) in [5.74, 6) is -1.24. The van der Waals surface area contributed by atoms with Gasteiger partial charge in [-0.2, -0.15) is 5.10 Å². The Morgan fingerprint density at radius 3 is 2.55 bits per heavy atom. The van der Waals surface area contributed by atoms with Gasteiger partial charge in [-0.05, 0) is 36.2 Å². The number of fused-ring (bicyclic) bond motifs is 1. The highest BCUT2D eigenvalue weighted by molar-refractivity contribution is 6.05. The van der Waals surface area contributed by atoms with Gasteiger partial charge in [-0.3, -0.25) is 14.7 Å². The number of carbonyl (C=O) groups is 2. The highest BCUT2D eigenvalue weighted by Gasteiger charge is 2.32. The third-order valence-corrected chi connectivity index (χ3v) is 5.57. The summed E-state index contributed by atoms with van der Waals surface area (Å²) in [6.45, 7) is 2.27. The molecular weight excluding hydrogens is 503 g/mol. The van der Waals surface area contributed by atoms with Crippen molar-refractivity contribution in [2.24, 2.45) is 0 Å². The van der Waals surface area contributed by atoms with Gasteiger partial charge in [-0.15, -0.1) is 13.2 Å². The summed E-state index contributed by atoms with van der Waals surface area (Å²) < 4.78 is 47.4. The van der Waals surface area contributed by atoms with Gasteiger partial charge in [-0.1, -0.05) is 31.2 Å². The second-order valence-electron chi connectivity index (χ2n) is 8.21. The van der Waals surface area contributed by atoms with Crippen LogP contribution >= 0.6 is 0 Å². The number of amides is 2. The molecule has 2 heterocycles. The summed E-state index contributed by atoms with van der Waals surface area (Å²) in [7, 11) is 1.35. The zero-order chi connectivity index (χ0) is 27.3. The molecule has 0 atom stereocenters. The Kier molecular flexibility index (Phi) is 7.79. The number of nitrogens with one attached hydrogen (secondary N) is 3. The molecule has 0 spiro atoms. The van der Waals surface area contributed by atoms with E-state index >= 15 is 0 Å². The van der Waals surface area contributed by atoms with Gasteiger partial charge in [0.15, 0.2) is 5.69 Å². The summed E-state index contributed by atoms with van der Waals surface area (Å²) in [6.07, 6.45) is -2.54. The van der Waals surface area contributed by atoms with Crippen LogP contribution in [0.4, 0.5) is 13.2 Å². The first kappa shape index (κ1) is 26.5. The molecule has 0 saturated heterocycles. The molecule has 9 nitrogen and oxygen atoms in total. The number of aromatic nitrogens is 3. The average molecular weight is 528 g/mol. The second kappa shape index (κ2) is 11.2. The van der Waals surface area contributed by atoms with Crippen LogP contribution in [0.15, 0.2) is 54.7 Å². The van der Waals surface area contributed by atoms with E-state index in [0.717, 1.165) is 6.42 Å². The molecule has 2 aromatic carbocycles. The van der Waals surface area contributed by atoms with Gasteiger partial charge in [0.1, 0.15) is 11.3 Å². The number of ether oxygens (including phenoxy) is 2. The highest BCUT2D eigenvalue weighted by atomic mass is 19.4. The number of para-hydroxylation sites is 1. The average Bonchev–Trinajstić information content (AvgIpc) is 3.33. The van der Waals surface area contributed by atoms with E-state index in [1.54, 1.807) is 24.3 Å². The summed E-state index contributed by atoms with van der Waals surface area (Å²) in [6, 6.07) is 12.4. The number of methoxy groups -OCH3 is 1. The maximum Gasteiger partial charge on any atom is 0.573 e. The van der Waals surface area contributed by atoms with E-state index in [-0.39, 0.29) is 35.2 Å². The van der Waals surface area contributed by atoms with E-state index in [1.165, 1.54) is 37.6 Å². The van der Waals surface area contributed by atoms with E-state index in [0.29, 0.717) is 28.6 Å². The van der Waals surface area contributed by atoms with Gasteiger partial charge in [-0.25, -0.2) is 4.98 Å². The van der Waals surface area contributed by atoms with Crippen LogP contribution in [0.25, 0.3) is 22.0 Å². The fraction of sp³-hybridized carbons (Fsp3) is 0.231. The lowest BCUT2D eigenvalue weighted by atomic mass is 10.0. The van der Waals surface area contributed by atoms with E-state index < -0.39 is 18.0 Å². The molecule has 4 aromatic rings. The lowest BCUT2D eigenvalue weighted by Crippen LogP contribution is -2.25. The zero-order valence-corrected chi connectivity index (χ0v) is 20.5. The number of hydrogen-bond acceptors (Lipinski definition) is 6. The molecule has 0 aliphatic heterocycles. The SMILES string of the molecule is CCCNC(=O)c1n[nH]c2cc(-c3cnc(OC)c(C(=O)NCc4ccccc4OC(F)(F)F)c3)ccc12. The number of benzene rings is 2. The summed E-state index contributed by atoms with van der Waals surface area (Å²) >= 11 is 0. The molecule has 12 heteroatoms. The molecule has 0 radical (unpaired) electrons. The molecule has 0 saturated carbocycles. The molecule has 0 bridgehead atoms. The van der Waals surface area contributed by atoms with Crippen molar-refractivity contribution in [1.82, 2.24) is 25.8 Å². The number of carbonyl (C=O) groups excluding carboxylic acids is 2. The topological polar surface area (TPSA) is 118 Å². The molecule has 198 valence electrons. The van der Waals surface area contributed by atoms with Crippen LogP contribution in [0.3, 0.4) is 0 Å². The maximum atomic E-state index is 13.0. The Morgan fingerprint density at radius 2 is 1.82 bits per heavy atom.